The number of nitrogens with one attached hydrogen (secondary N) is 1. The summed E-state index contributed by atoms with van der Waals surface area (Å²) in [6.45, 7) is 3.50. The molecule has 94 valence electrons. The fourth-order valence-electron chi connectivity index (χ4n) is 3.02. The highest BCUT2D eigenvalue weighted by atomic mass is 15.2. The topological polar surface area (TPSA) is 29.9 Å². The van der Waals surface area contributed by atoms with Crippen molar-refractivity contribution >= 4 is 5.95 Å². The first-order valence-corrected chi connectivity index (χ1v) is 7.11. The van der Waals surface area contributed by atoms with Gasteiger partial charge in [-0.25, -0.2) is 4.98 Å². The lowest BCUT2D eigenvalue weighted by molar-refractivity contribution is 0.268. The molecule has 0 aromatic carbocycles. The van der Waals surface area contributed by atoms with Crippen molar-refractivity contribution in [3.05, 3.63) is 12.4 Å². The molecule has 0 spiro atoms. The Bertz CT molecular complexity index is 367. The quantitative estimate of drug-likeness (QED) is 0.863. The molecule has 2 saturated carbocycles. The molecule has 1 N–H and O–H groups in total. The lowest BCUT2D eigenvalue weighted by Crippen LogP contribution is -2.25. The third-order valence-corrected chi connectivity index (χ3v) is 4.42. The van der Waals surface area contributed by atoms with Crippen LogP contribution >= 0.6 is 0 Å². The second kappa shape index (κ2) is 4.71. The van der Waals surface area contributed by atoms with Crippen molar-refractivity contribution < 1.29 is 0 Å². The average Bonchev–Trinajstić information content (AvgIpc) is 3.08. The molecule has 3 rings (SSSR count). The van der Waals surface area contributed by atoms with E-state index in [2.05, 4.69) is 28.0 Å². The van der Waals surface area contributed by atoms with Crippen LogP contribution in [0.25, 0.3) is 0 Å². The highest BCUT2D eigenvalue weighted by Gasteiger charge is 2.26. The van der Waals surface area contributed by atoms with Crippen molar-refractivity contribution in [2.24, 2.45) is 11.8 Å². The molecule has 2 fully saturated rings. The van der Waals surface area contributed by atoms with E-state index in [9.17, 15) is 0 Å². The van der Waals surface area contributed by atoms with Crippen molar-refractivity contribution in [3.8, 4) is 0 Å². The van der Waals surface area contributed by atoms with Crippen molar-refractivity contribution in [1.29, 1.82) is 0 Å². The maximum atomic E-state index is 4.44. The first-order chi connectivity index (χ1) is 8.34. The molecule has 2 aliphatic carbocycles. The van der Waals surface area contributed by atoms with Crippen molar-refractivity contribution in [2.75, 3.05) is 11.9 Å². The smallest absolute Gasteiger partial charge is 0.203 e. The summed E-state index contributed by atoms with van der Waals surface area (Å²) in [5.74, 6) is 2.80. The van der Waals surface area contributed by atoms with Gasteiger partial charge in [0.1, 0.15) is 0 Å². The lowest BCUT2D eigenvalue weighted by atomic mass is 9.80. The predicted octanol–water partition coefficient (Wildman–Crippen LogP) is 3.46. The summed E-state index contributed by atoms with van der Waals surface area (Å²) in [6.07, 6.45) is 12.3. The predicted molar refractivity (Wildman–Crippen MR) is 70.1 cm³/mol. The Labute approximate surface area is 104 Å². The Kier molecular flexibility index (Phi) is 3.08. The van der Waals surface area contributed by atoms with E-state index in [1.54, 1.807) is 0 Å². The monoisotopic (exact) mass is 233 g/mol. The van der Waals surface area contributed by atoms with Crippen LogP contribution in [0, 0.1) is 11.8 Å². The molecule has 1 aromatic heterocycles. The normalized spacial score (nSPS) is 29.2. The minimum absolute atomic E-state index is 0.726. The van der Waals surface area contributed by atoms with E-state index in [0.29, 0.717) is 0 Å². The van der Waals surface area contributed by atoms with Crippen LogP contribution in [-0.4, -0.2) is 16.1 Å². The molecule has 3 heteroatoms. The molecular weight excluding hydrogens is 210 g/mol. The van der Waals surface area contributed by atoms with Gasteiger partial charge in [0.15, 0.2) is 0 Å². The van der Waals surface area contributed by atoms with Crippen molar-refractivity contribution in [3.63, 3.8) is 0 Å². The molecular formula is C14H23N3. The summed E-state index contributed by atoms with van der Waals surface area (Å²) < 4.78 is 2.31. The highest BCUT2D eigenvalue weighted by Crippen LogP contribution is 2.37. The summed E-state index contributed by atoms with van der Waals surface area (Å²) in [5, 5.41) is 3.57. The summed E-state index contributed by atoms with van der Waals surface area (Å²) in [5.41, 5.74) is 0. The van der Waals surface area contributed by atoms with Crippen LogP contribution < -0.4 is 5.32 Å². The van der Waals surface area contributed by atoms with Gasteiger partial charge in [-0.2, -0.15) is 0 Å². The minimum Gasteiger partial charge on any atom is -0.355 e. The number of nitrogens with zero attached hydrogens (tertiary/aromatic N) is 2. The number of hydrogen-bond acceptors (Lipinski definition) is 2. The zero-order valence-electron chi connectivity index (χ0n) is 10.7. The van der Waals surface area contributed by atoms with E-state index < -0.39 is 0 Å². The number of rotatable bonds is 4. The van der Waals surface area contributed by atoms with E-state index in [1.807, 2.05) is 6.20 Å². The summed E-state index contributed by atoms with van der Waals surface area (Å²) in [6, 6.07) is 0.726. The fourth-order valence-corrected chi connectivity index (χ4v) is 3.02. The molecule has 0 aliphatic heterocycles. The molecule has 0 amide bonds. The number of imidazole rings is 1. The first kappa shape index (κ1) is 11.1. The SMILES string of the molecule is CC1CCCCC1CNc1nccn1C1CC1. The summed E-state index contributed by atoms with van der Waals surface area (Å²) in [7, 11) is 0. The van der Waals surface area contributed by atoms with Crippen LogP contribution in [0.15, 0.2) is 12.4 Å². The van der Waals surface area contributed by atoms with Gasteiger partial charge in [-0.1, -0.05) is 26.2 Å². The molecule has 0 bridgehead atoms. The van der Waals surface area contributed by atoms with E-state index in [-0.39, 0.29) is 0 Å². The second-order valence-electron chi connectivity index (χ2n) is 5.79. The highest BCUT2D eigenvalue weighted by molar-refractivity contribution is 5.27. The molecule has 0 radical (unpaired) electrons. The zero-order valence-corrected chi connectivity index (χ0v) is 10.7. The molecule has 1 heterocycles. The molecule has 2 atom stereocenters. The van der Waals surface area contributed by atoms with Gasteiger partial charge in [0.25, 0.3) is 0 Å². The Morgan fingerprint density at radius 3 is 2.88 bits per heavy atom. The molecule has 2 unspecified atom stereocenters. The Morgan fingerprint density at radius 2 is 2.12 bits per heavy atom. The fraction of sp³-hybridized carbons (Fsp3) is 0.786. The molecule has 1 aromatic rings. The number of anilines is 1. The third kappa shape index (κ3) is 2.48. The summed E-state index contributed by atoms with van der Waals surface area (Å²) in [4.78, 5) is 4.44. The van der Waals surface area contributed by atoms with Crippen LogP contribution in [0.2, 0.25) is 0 Å². The maximum absolute atomic E-state index is 4.44. The van der Waals surface area contributed by atoms with Crippen molar-refractivity contribution in [1.82, 2.24) is 9.55 Å². The first-order valence-electron chi connectivity index (χ1n) is 7.11. The van der Waals surface area contributed by atoms with Gasteiger partial charge in [0, 0.05) is 25.0 Å². The van der Waals surface area contributed by atoms with Crippen LogP contribution in [0.3, 0.4) is 0 Å². The average molecular weight is 233 g/mol. The standard InChI is InChI=1S/C14H23N3/c1-11-4-2-3-5-12(11)10-16-14-15-8-9-17(14)13-6-7-13/h8-9,11-13H,2-7,10H2,1H3,(H,15,16). The van der Waals surface area contributed by atoms with Gasteiger partial charge in [0.2, 0.25) is 5.95 Å². The van der Waals surface area contributed by atoms with E-state index in [0.717, 1.165) is 30.4 Å². The van der Waals surface area contributed by atoms with E-state index >= 15 is 0 Å². The Hall–Kier alpha value is -0.990. The number of hydrogen-bond donors (Lipinski definition) is 1. The van der Waals surface area contributed by atoms with Crippen LogP contribution in [0.4, 0.5) is 5.95 Å². The van der Waals surface area contributed by atoms with Gasteiger partial charge < -0.3 is 9.88 Å². The molecule has 17 heavy (non-hydrogen) atoms. The maximum Gasteiger partial charge on any atom is 0.203 e. The van der Waals surface area contributed by atoms with Crippen LogP contribution in [0.1, 0.15) is 51.5 Å². The van der Waals surface area contributed by atoms with Gasteiger partial charge >= 0.3 is 0 Å². The summed E-state index contributed by atoms with van der Waals surface area (Å²) >= 11 is 0. The van der Waals surface area contributed by atoms with Crippen LogP contribution in [0.5, 0.6) is 0 Å². The van der Waals surface area contributed by atoms with Gasteiger partial charge in [0.05, 0.1) is 0 Å². The molecule has 0 saturated heterocycles. The van der Waals surface area contributed by atoms with Gasteiger partial charge in [-0.05, 0) is 31.1 Å². The molecule has 2 aliphatic rings. The largest absolute Gasteiger partial charge is 0.355 e. The van der Waals surface area contributed by atoms with Gasteiger partial charge in [-0.3, -0.25) is 0 Å². The minimum atomic E-state index is 0.726. The van der Waals surface area contributed by atoms with E-state index in [4.69, 9.17) is 0 Å². The third-order valence-electron chi connectivity index (χ3n) is 4.42. The molecule has 3 nitrogen and oxygen atoms in total. The Morgan fingerprint density at radius 1 is 1.29 bits per heavy atom. The van der Waals surface area contributed by atoms with Gasteiger partial charge in [-0.15, -0.1) is 0 Å². The lowest BCUT2D eigenvalue weighted by Gasteiger charge is -2.29. The van der Waals surface area contributed by atoms with Crippen molar-refractivity contribution in [2.45, 2.75) is 51.5 Å². The second-order valence-corrected chi connectivity index (χ2v) is 5.79. The Balaban J connectivity index is 1.57. The zero-order chi connectivity index (χ0) is 11.7. The van der Waals surface area contributed by atoms with E-state index in [1.165, 1.54) is 38.5 Å². The van der Waals surface area contributed by atoms with Crippen LogP contribution in [-0.2, 0) is 0 Å². The number of aromatic nitrogens is 2.